The molecule has 2 aromatic rings. The zero-order valence-corrected chi connectivity index (χ0v) is 15.6. The van der Waals surface area contributed by atoms with Crippen molar-refractivity contribution < 1.29 is 18.7 Å². The minimum absolute atomic E-state index is 0.0476. The molecule has 2 aliphatic rings. The van der Waals surface area contributed by atoms with Crippen molar-refractivity contribution in [3.05, 3.63) is 65.5 Å². The molecular weight excluding hydrogens is 359 g/mol. The summed E-state index contributed by atoms with van der Waals surface area (Å²) in [5, 5.41) is 2.95. The molecule has 0 unspecified atom stereocenters. The lowest BCUT2D eigenvalue weighted by Gasteiger charge is -2.25. The first kappa shape index (κ1) is 18.5. The average Bonchev–Trinajstić information content (AvgIpc) is 3.39. The monoisotopic (exact) mass is 382 g/mol. The number of rotatable bonds is 6. The molecular formula is C22H23FN2O3. The molecule has 1 aliphatic heterocycles. The van der Waals surface area contributed by atoms with Crippen molar-refractivity contribution in [1.82, 2.24) is 10.2 Å². The number of ether oxygens (including phenoxy) is 1. The van der Waals surface area contributed by atoms with E-state index in [1.807, 2.05) is 0 Å². The van der Waals surface area contributed by atoms with Crippen LogP contribution in [-0.4, -0.2) is 41.9 Å². The number of nitrogens with zero attached hydrogens (tertiary/aromatic N) is 1. The first-order valence-electron chi connectivity index (χ1n) is 9.70. The fourth-order valence-corrected chi connectivity index (χ4v) is 3.46. The number of halogens is 1. The van der Waals surface area contributed by atoms with Gasteiger partial charge in [-0.1, -0.05) is 6.07 Å². The van der Waals surface area contributed by atoms with Gasteiger partial charge in [0.2, 0.25) is 0 Å². The Morgan fingerprint density at radius 1 is 1.07 bits per heavy atom. The summed E-state index contributed by atoms with van der Waals surface area (Å²) in [5.74, 6) is 0.0195. The summed E-state index contributed by atoms with van der Waals surface area (Å²) in [6, 6.07) is 13.1. The van der Waals surface area contributed by atoms with Crippen LogP contribution >= 0.6 is 0 Å². The van der Waals surface area contributed by atoms with Crippen molar-refractivity contribution in [2.75, 3.05) is 13.2 Å². The van der Waals surface area contributed by atoms with E-state index in [4.69, 9.17) is 4.74 Å². The van der Waals surface area contributed by atoms with Gasteiger partial charge in [-0.2, -0.15) is 0 Å². The fraction of sp³-hybridized carbons (Fsp3) is 0.364. The normalized spacial score (nSPS) is 18.8. The van der Waals surface area contributed by atoms with Gasteiger partial charge in [-0.25, -0.2) is 4.39 Å². The molecule has 2 aromatic carbocycles. The first-order valence-corrected chi connectivity index (χ1v) is 9.70. The van der Waals surface area contributed by atoms with Gasteiger partial charge >= 0.3 is 0 Å². The van der Waals surface area contributed by atoms with Crippen molar-refractivity contribution in [3.63, 3.8) is 0 Å². The second-order valence-corrected chi connectivity index (χ2v) is 7.39. The molecule has 2 amide bonds. The molecule has 28 heavy (non-hydrogen) atoms. The third-order valence-corrected chi connectivity index (χ3v) is 5.18. The van der Waals surface area contributed by atoms with Crippen LogP contribution in [0.3, 0.4) is 0 Å². The fourth-order valence-electron chi connectivity index (χ4n) is 3.46. The lowest BCUT2D eigenvalue weighted by Crippen LogP contribution is -2.39. The molecule has 6 heteroatoms. The summed E-state index contributed by atoms with van der Waals surface area (Å²) in [5.41, 5.74) is 0.973. The highest BCUT2D eigenvalue weighted by atomic mass is 19.1. The Morgan fingerprint density at radius 2 is 1.86 bits per heavy atom. The maximum atomic E-state index is 13.4. The van der Waals surface area contributed by atoms with Crippen LogP contribution in [0.2, 0.25) is 0 Å². The molecule has 2 fully saturated rings. The zero-order chi connectivity index (χ0) is 19.5. The molecule has 1 saturated carbocycles. The van der Waals surface area contributed by atoms with Gasteiger partial charge in [-0.3, -0.25) is 9.59 Å². The van der Waals surface area contributed by atoms with Crippen molar-refractivity contribution in [3.8, 4) is 5.75 Å². The number of amides is 2. The van der Waals surface area contributed by atoms with Crippen LogP contribution in [0.4, 0.5) is 4.39 Å². The van der Waals surface area contributed by atoms with Crippen LogP contribution in [0, 0.1) is 5.82 Å². The standard InChI is InChI=1S/C22H23FN2O3/c23-17-4-1-3-16(13-17)22(27)25-12-2-5-19(25)14-28-20-10-6-15(7-11-20)21(26)24-18-8-9-18/h1,3-4,6-7,10-11,13,18-19H,2,5,8-9,12,14H2,(H,24,26)/t19-/m0/s1. The van der Waals surface area contributed by atoms with Gasteiger partial charge in [0.25, 0.3) is 11.8 Å². The molecule has 1 aliphatic carbocycles. The summed E-state index contributed by atoms with van der Waals surface area (Å²) in [7, 11) is 0. The van der Waals surface area contributed by atoms with Crippen LogP contribution < -0.4 is 10.1 Å². The summed E-state index contributed by atoms with van der Waals surface area (Å²) in [6.07, 6.45) is 3.86. The van der Waals surface area contributed by atoms with Gasteiger partial charge in [0.05, 0.1) is 6.04 Å². The minimum Gasteiger partial charge on any atom is -0.491 e. The number of hydrogen-bond donors (Lipinski definition) is 1. The van der Waals surface area contributed by atoms with Crippen LogP contribution in [0.5, 0.6) is 5.75 Å². The molecule has 0 aromatic heterocycles. The van der Waals surface area contributed by atoms with E-state index >= 15 is 0 Å². The molecule has 1 heterocycles. The third kappa shape index (κ3) is 4.32. The van der Waals surface area contributed by atoms with E-state index in [2.05, 4.69) is 5.32 Å². The van der Waals surface area contributed by atoms with E-state index in [0.29, 0.717) is 36.1 Å². The van der Waals surface area contributed by atoms with Crippen LogP contribution in [0.25, 0.3) is 0 Å². The summed E-state index contributed by atoms with van der Waals surface area (Å²) >= 11 is 0. The number of nitrogens with one attached hydrogen (secondary N) is 1. The molecule has 4 rings (SSSR count). The number of likely N-dealkylation sites (tertiary alicyclic amines) is 1. The smallest absolute Gasteiger partial charge is 0.254 e. The third-order valence-electron chi connectivity index (χ3n) is 5.18. The Balaban J connectivity index is 1.34. The van der Waals surface area contributed by atoms with E-state index in [0.717, 1.165) is 25.7 Å². The second-order valence-electron chi connectivity index (χ2n) is 7.39. The molecule has 0 spiro atoms. The van der Waals surface area contributed by atoms with Gasteiger partial charge in [-0.15, -0.1) is 0 Å². The van der Waals surface area contributed by atoms with Crippen LogP contribution in [0.15, 0.2) is 48.5 Å². The lowest BCUT2D eigenvalue weighted by molar-refractivity contribution is 0.0690. The van der Waals surface area contributed by atoms with E-state index < -0.39 is 5.82 Å². The van der Waals surface area contributed by atoms with Gasteiger partial charge < -0.3 is 15.0 Å². The van der Waals surface area contributed by atoms with E-state index in [-0.39, 0.29) is 17.9 Å². The van der Waals surface area contributed by atoms with E-state index in [9.17, 15) is 14.0 Å². The van der Waals surface area contributed by atoms with Gasteiger partial charge in [0.1, 0.15) is 18.2 Å². The lowest BCUT2D eigenvalue weighted by atomic mass is 10.1. The van der Waals surface area contributed by atoms with Crippen LogP contribution in [0.1, 0.15) is 46.4 Å². The van der Waals surface area contributed by atoms with Crippen molar-refractivity contribution in [1.29, 1.82) is 0 Å². The van der Waals surface area contributed by atoms with Crippen molar-refractivity contribution in [2.45, 2.75) is 37.8 Å². The number of carbonyl (C=O) groups is 2. The Bertz CT molecular complexity index is 864. The molecule has 146 valence electrons. The SMILES string of the molecule is O=C(NC1CC1)c1ccc(OC[C@@H]2CCCN2C(=O)c2cccc(F)c2)cc1. The summed E-state index contributed by atoms with van der Waals surface area (Å²) < 4.78 is 19.3. The molecule has 1 atom stereocenters. The quantitative estimate of drug-likeness (QED) is 0.833. The predicted molar refractivity (Wildman–Crippen MR) is 103 cm³/mol. The van der Waals surface area contributed by atoms with Gasteiger partial charge in [0.15, 0.2) is 0 Å². The first-order chi connectivity index (χ1) is 13.6. The highest BCUT2D eigenvalue weighted by Gasteiger charge is 2.30. The maximum absolute atomic E-state index is 13.4. The number of carbonyl (C=O) groups excluding carboxylic acids is 2. The summed E-state index contributed by atoms with van der Waals surface area (Å²) in [6.45, 7) is 1.01. The second kappa shape index (κ2) is 8.00. The Morgan fingerprint density at radius 3 is 2.57 bits per heavy atom. The summed E-state index contributed by atoms with van der Waals surface area (Å²) in [4.78, 5) is 26.5. The Labute approximate surface area is 163 Å². The minimum atomic E-state index is -0.413. The number of hydrogen-bond acceptors (Lipinski definition) is 3. The maximum Gasteiger partial charge on any atom is 0.254 e. The van der Waals surface area contributed by atoms with Crippen molar-refractivity contribution in [2.24, 2.45) is 0 Å². The molecule has 1 N–H and O–H groups in total. The largest absolute Gasteiger partial charge is 0.491 e. The average molecular weight is 382 g/mol. The van der Waals surface area contributed by atoms with E-state index in [1.165, 1.54) is 12.1 Å². The topological polar surface area (TPSA) is 58.6 Å². The highest BCUT2D eigenvalue weighted by molar-refractivity contribution is 5.95. The van der Waals surface area contributed by atoms with E-state index in [1.54, 1.807) is 41.3 Å². The number of benzene rings is 2. The zero-order valence-electron chi connectivity index (χ0n) is 15.6. The Kier molecular flexibility index (Phi) is 5.28. The van der Waals surface area contributed by atoms with Crippen molar-refractivity contribution >= 4 is 11.8 Å². The molecule has 0 radical (unpaired) electrons. The molecule has 5 nitrogen and oxygen atoms in total. The highest BCUT2D eigenvalue weighted by Crippen LogP contribution is 2.23. The molecule has 0 bridgehead atoms. The molecule has 1 saturated heterocycles. The van der Waals surface area contributed by atoms with Gasteiger partial charge in [0, 0.05) is 23.7 Å². The Hall–Kier alpha value is -2.89. The predicted octanol–water partition coefficient (Wildman–Crippen LogP) is 3.40. The van der Waals surface area contributed by atoms with Gasteiger partial charge in [-0.05, 0) is 68.1 Å². The van der Waals surface area contributed by atoms with Crippen LogP contribution in [-0.2, 0) is 0 Å².